The van der Waals surface area contributed by atoms with E-state index in [0.717, 1.165) is 25.2 Å². The van der Waals surface area contributed by atoms with Crippen LogP contribution in [0.5, 0.6) is 0 Å². The standard InChI is InChI=1S/C12H17N3OS/c1-9(16)17-12-3-5-13-8-10(12)7-11-4-6-15(2)14-11/h4,6-7,12-13H,3,5,8H2,1-2H3. The zero-order valence-corrected chi connectivity index (χ0v) is 11.0. The number of hydrogen-bond donors (Lipinski definition) is 1. The Labute approximate surface area is 105 Å². The second kappa shape index (κ2) is 5.51. The van der Waals surface area contributed by atoms with Gasteiger partial charge in [-0.3, -0.25) is 9.48 Å². The lowest BCUT2D eigenvalue weighted by Gasteiger charge is -2.24. The van der Waals surface area contributed by atoms with Gasteiger partial charge >= 0.3 is 0 Å². The van der Waals surface area contributed by atoms with Crippen molar-refractivity contribution >= 4 is 23.0 Å². The summed E-state index contributed by atoms with van der Waals surface area (Å²) in [5.41, 5.74) is 2.22. The zero-order chi connectivity index (χ0) is 12.3. The molecule has 92 valence electrons. The molecule has 17 heavy (non-hydrogen) atoms. The lowest BCUT2D eigenvalue weighted by atomic mass is 10.0. The van der Waals surface area contributed by atoms with Gasteiger partial charge in [-0.2, -0.15) is 5.10 Å². The molecule has 0 saturated carbocycles. The minimum absolute atomic E-state index is 0.184. The molecule has 0 aromatic carbocycles. The molecule has 1 atom stereocenters. The van der Waals surface area contributed by atoms with Crippen LogP contribution in [0.4, 0.5) is 0 Å². The van der Waals surface area contributed by atoms with E-state index in [9.17, 15) is 4.79 Å². The van der Waals surface area contributed by atoms with Crippen LogP contribution in [-0.4, -0.2) is 33.2 Å². The molecule has 2 rings (SSSR count). The first-order valence-electron chi connectivity index (χ1n) is 5.73. The fourth-order valence-corrected chi connectivity index (χ4v) is 2.88. The predicted octanol–water partition coefficient (Wildman–Crippen LogP) is 1.45. The summed E-state index contributed by atoms with van der Waals surface area (Å²) in [7, 11) is 1.91. The Balaban J connectivity index is 2.15. The van der Waals surface area contributed by atoms with E-state index in [0.29, 0.717) is 5.25 Å². The third-order valence-electron chi connectivity index (χ3n) is 2.70. The van der Waals surface area contributed by atoms with Crippen LogP contribution in [0.1, 0.15) is 19.0 Å². The third-order valence-corrected chi connectivity index (χ3v) is 3.86. The summed E-state index contributed by atoms with van der Waals surface area (Å²) in [5, 5.41) is 8.16. The van der Waals surface area contributed by atoms with E-state index in [1.807, 2.05) is 19.3 Å². The van der Waals surface area contributed by atoms with Crippen molar-refractivity contribution in [3.63, 3.8) is 0 Å². The van der Waals surface area contributed by atoms with Crippen LogP contribution in [-0.2, 0) is 11.8 Å². The van der Waals surface area contributed by atoms with E-state index in [4.69, 9.17) is 0 Å². The van der Waals surface area contributed by atoms with Gasteiger partial charge in [0.25, 0.3) is 0 Å². The maximum Gasteiger partial charge on any atom is 0.186 e. The first-order valence-corrected chi connectivity index (χ1v) is 6.61. The van der Waals surface area contributed by atoms with Crippen LogP contribution in [0.3, 0.4) is 0 Å². The maximum atomic E-state index is 11.2. The first kappa shape index (κ1) is 12.4. The van der Waals surface area contributed by atoms with Gasteiger partial charge in [-0.25, -0.2) is 0 Å². The average Bonchev–Trinajstić information content (AvgIpc) is 2.66. The summed E-state index contributed by atoms with van der Waals surface area (Å²) in [4.78, 5) is 11.2. The number of piperidine rings is 1. The molecular weight excluding hydrogens is 234 g/mol. The molecule has 0 bridgehead atoms. The highest BCUT2D eigenvalue weighted by atomic mass is 32.2. The van der Waals surface area contributed by atoms with Gasteiger partial charge in [0.05, 0.1) is 5.69 Å². The zero-order valence-electron chi connectivity index (χ0n) is 10.1. The molecule has 5 heteroatoms. The first-order chi connectivity index (χ1) is 8.15. The van der Waals surface area contributed by atoms with E-state index in [2.05, 4.69) is 16.5 Å². The number of hydrogen-bond acceptors (Lipinski definition) is 4. The molecule has 1 fully saturated rings. The van der Waals surface area contributed by atoms with Crippen molar-refractivity contribution < 1.29 is 4.79 Å². The van der Waals surface area contributed by atoms with Gasteiger partial charge in [-0.1, -0.05) is 11.8 Å². The Kier molecular flexibility index (Phi) is 4.02. The van der Waals surface area contributed by atoms with Gasteiger partial charge in [0.2, 0.25) is 0 Å². The summed E-state index contributed by atoms with van der Waals surface area (Å²) in [5.74, 6) is 0. The minimum atomic E-state index is 0.184. The van der Waals surface area contributed by atoms with Gasteiger partial charge in [-0.15, -0.1) is 0 Å². The molecule has 0 radical (unpaired) electrons. The lowest BCUT2D eigenvalue weighted by molar-refractivity contribution is -0.109. The summed E-state index contributed by atoms with van der Waals surface area (Å²) in [6, 6.07) is 1.98. The topological polar surface area (TPSA) is 46.9 Å². The molecule has 1 aliphatic rings. The fraction of sp³-hybridized carbons (Fsp3) is 0.500. The number of carbonyl (C=O) groups is 1. The van der Waals surface area contributed by atoms with Gasteiger partial charge in [0.15, 0.2) is 5.12 Å². The minimum Gasteiger partial charge on any atom is -0.313 e. The van der Waals surface area contributed by atoms with Gasteiger partial charge in [0, 0.05) is 32.0 Å². The smallest absolute Gasteiger partial charge is 0.186 e. The van der Waals surface area contributed by atoms with Crippen molar-refractivity contribution in [2.45, 2.75) is 18.6 Å². The van der Waals surface area contributed by atoms with Crippen LogP contribution in [0, 0.1) is 0 Å². The van der Waals surface area contributed by atoms with Crippen LogP contribution in [0.2, 0.25) is 0 Å². The van der Waals surface area contributed by atoms with E-state index in [-0.39, 0.29) is 5.12 Å². The molecule has 0 aliphatic carbocycles. The Morgan fingerprint density at radius 1 is 1.71 bits per heavy atom. The quantitative estimate of drug-likeness (QED) is 0.864. The molecule has 1 aromatic heterocycles. The van der Waals surface area contributed by atoms with E-state index < -0.39 is 0 Å². The Bertz CT molecular complexity index is 439. The molecular formula is C12H17N3OS. The second-order valence-electron chi connectivity index (χ2n) is 4.20. The van der Waals surface area contributed by atoms with Gasteiger partial charge in [-0.05, 0) is 30.7 Å². The molecule has 1 saturated heterocycles. The number of rotatable bonds is 2. The van der Waals surface area contributed by atoms with Crippen molar-refractivity contribution in [3.8, 4) is 0 Å². The monoisotopic (exact) mass is 251 g/mol. The van der Waals surface area contributed by atoms with Crippen LogP contribution in [0.25, 0.3) is 6.08 Å². The highest BCUT2D eigenvalue weighted by Gasteiger charge is 2.20. The SMILES string of the molecule is CC(=O)SC1CCNCC1=Cc1ccn(C)n1. The largest absolute Gasteiger partial charge is 0.313 e. The van der Waals surface area contributed by atoms with Crippen LogP contribution in [0.15, 0.2) is 17.8 Å². The van der Waals surface area contributed by atoms with E-state index in [1.165, 1.54) is 17.3 Å². The second-order valence-corrected chi connectivity index (χ2v) is 5.58. The van der Waals surface area contributed by atoms with Crippen LogP contribution < -0.4 is 5.32 Å². The molecule has 1 unspecified atom stereocenters. The molecule has 1 aliphatic heterocycles. The number of nitrogens with zero attached hydrogens (tertiary/aromatic N) is 2. The molecule has 0 spiro atoms. The predicted molar refractivity (Wildman–Crippen MR) is 70.7 cm³/mol. The van der Waals surface area contributed by atoms with Crippen molar-refractivity contribution in [2.24, 2.45) is 7.05 Å². The molecule has 1 N–H and O–H groups in total. The number of thioether (sulfide) groups is 1. The average molecular weight is 251 g/mol. The summed E-state index contributed by atoms with van der Waals surface area (Å²) < 4.78 is 1.79. The third kappa shape index (κ3) is 3.44. The van der Waals surface area contributed by atoms with Crippen LogP contribution >= 0.6 is 11.8 Å². The number of aryl methyl sites for hydroxylation is 1. The Morgan fingerprint density at radius 3 is 3.18 bits per heavy atom. The van der Waals surface area contributed by atoms with Crippen molar-refractivity contribution in [1.29, 1.82) is 0 Å². The van der Waals surface area contributed by atoms with E-state index >= 15 is 0 Å². The number of nitrogens with one attached hydrogen (secondary N) is 1. The maximum absolute atomic E-state index is 11.2. The molecule has 2 heterocycles. The molecule has 0 amide bonds. The lowest BCUT2D eigenvalue weighted by Crippen LogP contribution is -2.32. The summed E-state index contributed by atoms with van der Waals surface area (Å²) in [6.45, 7) is 3.46. The van der Waals surface area contributed by atoms with Gasteiger partial charge in [0.1, 0.15) is 0 Å². The molecule has 1 aromatic rings. The Morgan fingerprint density at radius 2 is 2.53 bits per heavy atom. The number of carbonyl (C=O) groups excluding carboxylic acids is 1. The molecule has 4 nitrogen and oxygen atoms in total. The fourth-order valence-electron chi connectivity index (χ4n) is 1.94. The van der Waals surface area contributed by atoms with Crippen molar-refractivity contribution in [3.05, 3.63) is 23.5 Å². The van der Waals surface area contributed by atoms with E-state index in [1.54, 1.807) is 11.6 Å². The van der Waals surface area contributed by atoms with Crippen molar-refractivity contribution in [2.75, 3.05) is 13.1 Å². The summed E-state index contributed by atoms with van der Waals surface area (Å²) in [6.07, 6.45) is 5.02. The number of aromatic nitrogens is 2. The Hall–Kier alpha value is -1.07. The van der Waals surface area contributed by atoms with Gasteiger partial charge < -0.3 is 5.32 Å². The summed E-state index contributed by atoms with van der Waals surface area (Å²) >= 11 is 1.43. The normalized spacial score (nSPS) is 22.9. The highest BCUT2D eigenvalue weighted by Crippen LogP contribution is 2.26. The van der Waals surface area contributed by atoms with Crippen molar-refractivity contribution in [1.82, 2.24) is 15.1 Å². The highest BCUT2D eigenvalue weighted by molar-refractivity contribution is 8.14.